The Morgan fingerprint density at radius 1 is 1.08 bits per heavy atom. The average Bonchev–Trinajstić information content (AvgIpc) is 2.59. The molecule has 0 aliphatic carbocycles. The molecular formula is C18H17Cl2NO3. The van der Waals surface area contributed by atoms with E-state index in [2.05, 4.69) is 5.32 Å². The van der Waals surface area contributed by atoms with Crippen molar-refractivity contribution in [2.45, 2.75) is 19.9 Å². The molecule has 0 radical (unpaired) electrons. The van der Waals surface area contributed by atoms with Crippen molar-refractivity contribution in [1.29, 1.82) is 0 Å². The maximum Gasteiger partial charge on any atom is 0.338 e. The highest BCUT2D eigenvalue weighted by atomic mass is 35.5. The first-order valence-electron chi connectivity index (χ1n) is 7.46. The highest BCUT2D eigenvalue weighted by Gasteiger charge is 2.10. The van der Waals surface area contributed by atoms with Gasteiger partial charge in [-0.1, -0.05) is 48.3 Å². The van der Waals surface area contributed by atoms with Gasteiger partial charge in [-0.3, -0.25) is 4.79 Å². The molecule has 126 valence electrons. The van der Waals surface area contributed by atoms with Gasteiger partial charge in [0.25, 0.3) is 5.91 Å². The Morgan fingerprint density at radius 3 is 2.42 bits per heavy atom. The third kappa shape index (κ3) is 5.25. The van der Waals surface area contributed by atoms with E-state index in [1.807, 2.05) is 19.1 Å². The number of esters is 1. The second-order valence-electron chi connectivity index (χ2n) is 5.14. The normalized spacial score (nSPS) is 10.3. The number of ether oxygens (including phenoxy) is 1. The van der Waals surface area contributed by atoms with Crippen LogP contribution in [-0.4, -0.2) is 18.5 Å². The monoisotopic (exact) mass is 365 g/mol. The highest BCUT2D eigenvalue weighted by molar-refractivity contribution is 6.35. The number of halogens is 2. The Balaban J connectivity index is 1.80. The number of nitrogens with one attached hydrogen (secondary N) is 1. The summed E-state index contributed by atoms with van der Waals surface area (Å²) in [6.07, 6.45) is 0.894. The molecule has 0 saturated heterocycles. The van der Waals surface area contributed by atoms with E-state index in [0.717, 1.165) is 17.5 Å². The van der Waals surface area contributed by atoms with Crippen LogP contribution in [0.5, 0.6) is 0 Å². The molecule has 2 rings (SSSR count). The third-order valence-electron chi connectivity index (χ3n) is 3.42. The van der Waals surface area contributed by atoms with Crippen LogP contribution in [0, 0.1) is 0 Å². The number of hydrogen-bond donors (Lipinski definition) is 1. The molecule has 0 aliphatic rings. The predicted molar refractivity (Wildman–Crippen MR) is 94.4 cm³/mol. The molecule has 0 heterocycles. The zero-order valence-electron chi connectivity index (χ0n) is 13.1. The molecule has 0 saturated carbocycles. The summed E-state index contributed by atoms with van der Waals surface area (Å²) in [6, 6.07) is 12.1. The van der Waals surface area contributed by atoms with Crippen molar-refractivity contribution in [3.63, 3.8) is 0 Å². The lowest BCUT2D eigenvalue weighted by Crippen LogP contribution is -2.28. The van der Waals surface area contributed by atoms with Gasteiger partial charge in [-0.15, -0.1) is 0 Å². The van der Waals surface area contributed by atoms with E-state index in [-0.39, 0.29) is 13.2 Å². The summed E-state index contributed by atoms with van der Waals surface area (Å²) >= 11 is 11.8. The fourth-order valence-electron chi connectivity index (χ4n) is 2.00. The lowest BCUT2D eigenvalue weighted by Gasteiger charge is -2.08. The lowest BCUT2D eigenvalue weighted by molar-refractivity contribution is -0.124. The van der Waals surface area contributed by atoms with E-state index in [1.165, 1.54) is 0 Å². The van der Waals surface area contributed by atoms with Gasteiger partial charge < -0.3 is 10.1 Å². The Hall–Kier alpha value is -2.04. The quantitative estimate of drug-likeness (QED) is 0.786. The van der Waals surface area contributed by atoms with Gasteiger partial charge in [-0.05, 0) is 41.8 Å². The molecule has 2 aromatic carbocycles. The Morgan fingerprint density at radius 2 is 1.79 bits per heavy atom. The first-order chi connectivity index (χ1) is 11.5. The minimum atomic E-state index is -0.530. The van der Waals surface area contributed by atoms with Crippen molar-refractivity contribution in [1.82, 2.24) is 5.32 Å². The van der Waals surface area contributed by atoms with Crippen LogP contribution in [0.25, 0.3) is 0 Å². The molecule has 0 bridgehead atoms. The number of carbonyl (C=O) groups is 2. The van der Waals surface area contributed by atoms with E-state index < -0.39 is 11.9 Å². The summed E-state index contributed by atoms with van der Waals surface area (Å²) in [7, 11) is 0. The summed E-state index contributed by atoms with van der Waals surface area (Å²) in [4.78, 5) is 23.6. The van der Waals surface area contributed by atoms with Crippen LogP contribution < -0.4 is 5.32 Å². The Bertz CT molecular complexity index is 730. The molecule has 0 spiro atoms. The predicted octanol–water partition coefficient (Wildman–Crippen LogP) is 4.03. The van der Waals surface area contributed by atoms with E-state index in [4.69, 9.17) is 27.9 Å². The number of rotatable bonds is 6. The van der Waals surface area contributed by atoms with Crippen LogP contribution in [0.15, 0.2) is 42.5 Å². The van der Waals surface area contributed by atoms with Crippen molar-refractivity contribution in [3.8, 4) is 0 Å². The molecule has 1 amide bonds. The van der Waals surface area contributed by atoms with Crippen LogP contribution >= 0.6 is 23.2 Å². The molecule has 0 atom stereocenters. The molecule has 0 fully saturated rings. The molecule has 0 aliphatic heterocycles. The molecular weight excluding hydrogens is 349 g/mol. The average molecular weight is 366 g/mol. The number of aryl methyl sites for hydroxylation is 1. The number of hydrogen-bond acceptors (Lipinski definition) is 3. The van der Waals surface area contributed by atoms with Gasteiger partial charge in [0, 0.05) is 16.6 Å². The summed E-state index contributed by atoms with van der Waals surface area (Å²) < 4.78 is 5.00. The van der Waals surface area contributed by atoms with Gasteiger partial charge in [0.1, 0.15) is 0 Å². The second kappa shape index (κ2) is 8.71. The molecule has 0 aromatic heterocycles. The number of carbonyl (C=O) groups excluding carboxylic acids is 2. The fourth-order valence-corrected chi connectivity index (χ4v) is 2.48. The molecule has 2 aromatic rings. The van der Waals surface area contributed by atoms with E-state index in [0.29, 0.717) is 15.6 Å². The summed E-state index contributed by atoms with van der Waals surface area (Å²) in [5.41, 5.74) is 2.28. The van der Waals surface area contributed by atoms with E-state index in [9.17, 15) is 9.59 Å². The first-order valence-corrected chi connectivity index (χ1v) is 8.22. The van der Waals surface area contributed by atoms with Crippen LogP contribution in [0.2, 0.25) is 10.0 Å². The maximum absolute atomic E-state index is 11.9. The van der Waals surface area contributed by atoms with Crippen LogP contribution in [-0.2, 0) is 22.5 Å². The van der Waals surface area contributed by atoms with Gasteiger partial charge in [0.15, 0.2) is 6.61 Å². The van der Waals surface area contributed by atoms with Crippen molar-refractivity contribution in [2.75, 3.05) is 6.61 Å². The SMILES string of the molecule is CCc1ccc(C(=O)OCC(=O)NCc2ccc(Cl)cc2Cl)cc1. The van der Waals surface area contributed by atoms with Crippen LogP contribution in [0.4, 0.5) is 0 Å². The first kappa shape index (κ1) is 18.3. The van der Waals surface area contributed by atoms with Gasteiger partial charge in [0.05, 0.1) is 5.56 Å². The molecule has 0 unspecified atom stereocenters. The second-order valence-corrected chi connectivity index (χ2v) is 5.98. The van der Waals surface area contributed by atoms with Crippen molar-refractivity contribution in [3.05, 3.63) is 69.2 Å². The largest absolute Gasteiger partial charge is 0.452 e. The topological polar surface area (TPSA) is 55.4 Å². The third-order valence-corrected chi connectivity index (χ3v) is 4.01. The minimum absolute atomic E-state index is 0.234. The zero-order chi connectivity index (χ0) is 17.5. The Labute approximate surface area is 150 Å². The number of amides is 1. The molecule has 24 heavy (non-hydrogen) atoms. The minimum Gasteiger partial charge on any atom is -0.452 e. The summed E-state index contributed by atoms with van der Waals surface area (Å²) in [5.74, 6) is -0.933. The van der Waals surface area contributed by atoms with Crippen molar-refractivity contribution >= 4 is 35.1 Å². The fraction of sp³-hybridized carbons (Fsp3) is 0.222. The molecule has 1 N–H and O–H groups in total. The van der Waals surface area contributed by atoms with E-state index >= 15 is 0 Å². The lowest BCUT2D eigenvalue weighted by atomic mass is 10.1. The van der Waals surface area contributed by atoms with Crippen LogP contribution in [0.1, 0.15) is 28.4 Å². The van der Waals surface area contributed by atoms with Crippen molar-refractivity contribution < 1.29 is 14.3 Å². The highest BCUT2D eigenvalue weighted by Crippen LogP contribution is 2.20. The van der Waals surface area contributed by atoms with Crippen molar-refractivity contribution in [2.24, 2.45) is 0 Å². The van der Waals surface area contributed by atoms with Gasteiger partial charge in [-0.2, -0.15) is 0 Å². The Kier molecular flexibility index (Phi) is 6.64. The summed E-state index contributed by atoms with van der Waals surface area (Å²) in [6.45, 7) is 1.92. The maximum atomic E-state index is 11.9. The van der Waals surface area contributed by atoms with E-state index in [1.54, 1.807) is 30.3 Å². The standard InChI is InChI=1S/C18H17Cl2NO3/c1-2-12-3-5-13(6-4-12)18(23)24-11-17(22)21-10-14-7-8-15(19)9-16(14)20/h3-9H,2,10-11H2,1H3,(H,21,22). The smallest absolute Gasteiger partial charge is 0.338 e. The van der Waals surface area contributed by atoms with Crippen LogP contribution in [0.3, 0.4) is 0 Å². The summed E-state index contributed by atoms with van der Waals surface area (Å²) in [5, 5.41) is 3.63. The number of benzene rings is 2. The van der Waals surface area contributed by atoms with Gasteiger partial charge in [-0.25, -0.2) is 4.79 Å². The van der Waals surface area contributed by atoms with Gasteiger partial charge >= 0.3 is 5.97 Å². The molecule has 6 heteroatoms. The zero-order valence-corrected chi connectivity index (χ0v) is 14.7. The molecule has 4 nitrogen and oxygen atoms in total. The van der Waals surface area contributed by atoms with Gasteiger partial charge in [0.2, 0.25) is 0 Å².